The molecule has 2 N–H and O–H groups in total. The molecule has 1 aromatic rings. The van der Waals surface area contributed by atoms with Crippen LogP contribution in [0.2, 0.25) is 0 Å². The normalized spacial score (nSPS) is 9.87. The smallest absolute Gasteiger partial charge is 0.171 e. The summed E-state index contributed by atoms with van der Waals surface area (Å²) >= 11 is 0. The number of terminal acetylenes is 1. The Bertz CT molecular complexity index is 394. The minimum atomic E-state index is 0.172. The van der Waals surface area contributed by atoms with E-state index in [0.717, 1.165) is 5.56 Å². The van der Waals surface area contributed by atoms with Gasteiger partial charge in [0, 0.05) is 5.56 Å². The Kier molecular flexibility index (Phi) is 4.05. The Morgan fingerprint density at radius 1 is 1.60 bits per heavy atom. The number of hydrazone groups is 1. The maximum atomic E-state index is 5.35. The molecule has 1 rings (SSSR count). The molecular weight excluding hydrogens is 192 g/mol. The van der Waals surface area contributed by atoms with Gasteiger partial charge in [0.15, 0.2) is 11.5 Å². The Balaban J connectivity index is 3.09. The van der Waals surface area contributed by atoms with Gasteiger partial charge in [-0.05, 0) is 12.1 Å². The summed E-state index contributed by atoms with van der Waals surface area (Å²) in [5, 5.41) is 3.44. The first-order valence-electron chi connectivity index (χ1n) is 4.30. The van der Waals surface area contributed by atoms with Gasteiger partial charge >= 0.3 is 0 Å². The molecule has 4 heteroatoms. The van der Waals surface area contributed by atoms with E-state index < -0.39 is 0 Å². The average molecular weight is 204 g/mol. The molecule has 0 bridgehead atoms. The van der Waals surface area contributed by atoms with Crippen molar-refractivity contribution in [3.05, 3.63) is 23.8 Å². The van der Waals surface area contributed by atoms with Gasteiger partial charge in [0.05, 0.1) is 13.3 Å². The number of para-hydroxylation sites is 1. The molecule has 1 aromatic carbocycles. The SMILES string of the molecule is C#CCOc1c(C=NN)cccc1OC. The highest BCUT2D eigenvalue weighted by atomic mass is 16.5. The molecule has 0 atom stereocenters. The molecular formula is C11H12N2O2. The number of rotatable bonds is 4. The molecule has 0 aliphatic rings. The van der Waals surface area contributed by atoms with Crippen molar-refractivity contribution in [2.45, 2.75) is 0 Å². The molecule has 0 saturated heterocycles. The van der Waals surface area contributed by atoms with Gasteiger partial charge in [0.1, 0.15) is 6.61 Å². The van der Waals surface area contributed by atoms with Gasteiger partial charge in [0.25, 0.3) is 0 Å². The summed E-state index contributed by atoms with van der Waals surface area (Å²) < 4.78 is 10.5. The van der Waals surface area contributed by atoms with Gasteiger partial charge in [-0.15, -0.1) is 6.42 Å². The van der Waals surface area contributed by atoms with Crippen LogP contribution in [0.3, 0.4) is 0 Å². The summed E-state index contributed by atoms with van der Waals surface area (Å²) in [6.45, 7) is 0.172. The van der Waals surface area contributed by atoms with Crippen LogP contribution in [0.5, 0.6) is 11.5 Å². The number of hydrogen-bond acceptors (Lipinski definition) is 4. The highest BCUT2D eigenvalue weighted by molar-refractivity contribution is 5.84. The van der Waals surface area contributed by atoms with Crippen LogP contribution in [-0.4, -0.2) is 19.9 Å². The van der Waals surface area contributed by atoms with E-state index in [2.05, 4.69) is 11.0 Å². The minimum absolute atomic E-state index is 0.172. The van der Waals surface area contributed by atoms with Crippen molar-refractivity contribution in [1.29, 1.82) is 0 Å². The maximum Gasteiger partial charge on any atom is 0.171 e. The Morgan fingerprint density at radius 2 is 2.40 bits per heavy atom. The summed E-state index contributed by atoms with van der Waals surface area (Å²) in [5.74, 6) is 8.61. The molecule has 0 unspecified atom stereocenters. The third-order valence-electron chi connectivity index (χ3n) is 1.74. The summed E-state index contributed by atoms with van der Waals surface area (Å²) in [4.78, 5) is 0. The molecule has 0 spiro atoms. The summed E-state index contributed by atoms with van der Waals surface area (Å²) in [6.07, 6.45) is 6.60. The zero-order chi connectivity index (χ0) is 11.1. The van der Waals surface area contributed by atoms with Gasteiger partial charge < -0.3 is 15.3 Å². The van der Waals surface area contributed by atoms with E-state index in [-0.39, 0.29) is 6.61 Å². The molecule has 0 aliphatic heterocycles. The first-order chi connectivity index (χ1) is 7.33. The summed E-state index contributed by atoms with van der Waals surface area (Å²) in [5.41, 5.74) is 0.729. The lowest BCUT2D eigenvalue weighted by molar-refractivity contribution is 0.330. The van der Waals surface area contributed by atoms with Crippen molar-refractivity contribution in [1.82, 2.24) is 0 Å². The lowest BCUT2D eigenvalue weighted by Crippen LogP contribution is -2.00. The predicted octanol–water partition coefficient (Wildman–Crippen LogP) is 1.000. The van der Waals surface area contributed by atoms with E-state index in [9.17, 15) is 0 Å². The van der Waals surface area contributed by atoms with Crippen LogP contribution in [0.25, 0.3) is 0 Å². The average Bonchev–Trinajstić information content (AvgIpc) is 2.27. The van der Waals surface area contributed by atoms with Crippen LogP contribution in [0.4, 0.5) is 0 Å². The molecule has 0 aliphatic carbocycles. The van der Waals surface area contributed by atoms with Crippen molar-refractivity contribution in [3.8, 4) is 23.8 Å². The number of nitrogens with zero attached hydrogens (tertiary/aromatic N) is 1. The number of methoxy groups -OCH3 is 1. The van der Waals surface area contributed by atoms with Crippen LogP contribution < -0.4 is 15.3 Å². The fraction of sp³-hybridized carbons (Fsp3) is 0.182. The Labute approximate surface area is 88.7 Å². The van der Waals surface area contributed by atoms with Crippen LogP contribution in [-0.2, 0) is 0 Å². The molecule has 0 fully saturated rings. The highest BCUT2D eigenvalue weighted by Gasteiger charge is 2.08. The van der Waals surface area contributed by atoms with Crippen LogP contribution in [0, 0.1) is 12.3 Å². The standard InChI is InChI=1S/C11H12N2O2/c1-3-7-15-11-9(8-13-12)5-4-6-10(11)14-2/h1,4-6,8H,7,12H2,2H3. The zero-order valence-electron chi connectivity index (χ0n) is 8.43. The Morgan fingerprint density at radius 3 is 3.00 bits per heavy atom. The largest absolute Gasteiger partial charge is 0.493 e. The van der Waals surface area contributed by atoms with E-state index in [1.54, 1.807) is 13.2 Å². The Hall–Kier alpha value is -2.15. The second-order valence-electron chi connectivity index (χ2n) is 2.65. The molecule has 0 heterocycles. The fourth-order valence-electron chi connectivity index (χ4n) is 1.14. The van der Waals surface area contributed by atoms with Crippen molar-refractivity contribution < 1.29 is 9.47 Å². The predicted molar refractivity (Wildman–Crippen MR) is 59.1 cm³/mol. The second-order valence-corrected chi connectivity index (χ2v) is 2.65. The molecule has 0 radical (unpaired) electrons. The highest BCUT2D eigenvalue weighted by Crippen LogP contribution is 2.29. The van der Waals surface area contributed by atoms with Gasteiger partial charge in [-0.3, -0.25) is 0 Å². The molecule has 0 amide bonds. The van der Waals surface area contributed by atoms with Crippen LogP contribution in [0.15, 0.2) is 23.3 Å². The fourth-order valence-corrected chi connectivity index (χ4v) is 1.14. The topological polar surface area (TPSA) is 56.8 Å². The third-order valence-corrected chi connectivity index (χ3v) is 1.74. The lowest BCUT2D eigenvalue weighted by Gasteiger charge is -2.10. The van der Waals surface area contributed by atoms with E-state index in [1.165, 1.54) is 6.21 Å². The maximum absolute atomic E-state index is 5.35. The van der Waals surface area contributed by atoms with Crippen molar-refractivity contribution in [2.24, 2.45) is 10.9 Å². The molecule has 4 nitrogen and oxygen atoms in total. The number of nitrogens with two attached hydrogens (primary N) is 1. The van der Waals surface area contributed by atoms with Crippen molar-refractivity contribution in [2.75, 3.05) is 13.7 Å². The van der Waals surface area contributed by atoms with E-state index in [0.29, 0.717) is 11.5 Å². The second kappa shape index (κ2) is 5.55. The van der Waals surface area contributed by atoms with Gasteiger partial charge in [-0.25, -0.2) is 0 Å². The number of hydrogen-bond donors (Lipinski definition) is 1. The first-order valence-corrected chi connectivity index (χ1v) is 4.30. The van der Waals surface area contributed by atoms with Crippen LogP contribution in [0.1, 0.15) is 5.56 Å². The van der Waals surface area contributed by atoms with Crippen LogP contribution >= 0.6 is 0 Å². The van der Waals surface area contributed by atoms with Crippen molar-refractivity contribution in [3.63, 3.8) is 0 Å². The first kappa shape index (κ1) is 10.9. The zero-order valence-corrected chi connectivity index (χ0v) is 8.43. The van der Waals surface area contributed by atoms with E-state index in [1.807, 2.05) is 12.1 Å². The lowest BCUT2D eigenvalue weighted by atomic mass is 10.2. The monoisotopic (exact) mass is 204 g/mol. The van der Waals surface area contributed by atoms with Gasteiger partial charge in [-0.1, -0.05) is 12.0 Å². The van der Waals surface area contributed by atoms with E-state index in [4.69, 9.17) is 21.7 Å². The van der Waals surface area contributed by atoms with Gasteiger partial charge in [-0.2, -0.15) is 5.10 Å². The summed E-state index contributed by atoms with van der Waals surface area (Å²) in [6, 6.07) is 5.41. The van der Waals surface area contributed by atoms with Gasteiger partial charge in [0.2, 0.25) is 0 Å². The molecule has 0 saturated carbocycles. The summed E-state index contributed by atoms with van der Waals surface area (Å²) in [7, 11) is 1.56. The van der Waals surface area contributed by atoms with Crippen molar-refractivity contribution >= 4 is 6.21 Å². The quantitative estimate of drug-likeness (QED) is 0.344. The molecule has 0 aromatic heterocycles. The minimum Gasteiger partial charge on any atom is -0.493 e. The number of ether oxygens (including phenoxy) is 2. The number of benzene rings is 1. The molecule has 78 valence electrons. The third kappa shape index (κ3) is 2.64. The van der Waals surface area contributed by atoms with E-state index >= 15 is 0 Å². The molecule has 15 heavy (non-hydrogen) atoms.